The number of ether oxygens (including phenoxy) is 2. The SMILES string of the molecule is Nc1ccc(OCCCCCCCCCCOc2ccc(I)cc2)cc1. The number of hydrogen-bond acceptors (Lipinski definition) is 3. The number of benzene rings is 2. The maximum atomic E-state index is 5.75. The molecule has 2 aromatic rings. The highest BCUT2D eigenvalue weighted by atomic mass is 127. The summed E-state index contributed by atoms with van der Waals surface area (Å²) in [6, 6.07) is 15.8. The molecule has 4 heteroatoms. The Kier molecular flexibility index (Phi) is 10.3. The summed E-state index contributed by atoms with van der Waals surface area (Å²) in [6.07, 6.45) is 10.00. The molecule has 2 N–H and O–H groups in total. The van der Waals surface area contributed by atoms with E-state index in [-0.39, 0.29) is 0 Å². The summed E-state index contributed by atoms with van der Waals surface area (Å²) in [5.74, 6) is 1.89. The smallest absolute Gasteiger partial charge is 0.119 e. The van der Waals surface area contributed by atoms with E-state index in [2.05, 4.69) is 34.7 Å². The summed E-state index contributed by atoms with van der Waals surface area (Å²) in [5, 5.41) is 0. The molecule has 0 aromatic heterocycles. The van der Waals surface area contributed by atoms with Crippen molar-refractivity contribution in [3.8, 4) is 11.5 Å². The molecule has 0 aliphatic carbocycles. The zero-order valence-corrected chi connectivity index (χ0v) is 17.6. The first kappa shape index (κ1) is 20.9. The predicted molar refractivity (Wildman–Crippen MR) is 118 cm³/mol. The van der Waals surface area contributed by atoms with E-state index >= 15 is 0 Å². The van der Waals surface area contributed by atoms with Crippen LogP contribution in [-0.4, -0.2) is 13.2 Å². The van der Waals surface area contributed by atoms with Gasteiger partial charge < -0.3 is 15.2 Å². The molecule has 3 nitrogen and oxygen atoms in total. The standard InChI is InChI=1S/C22H30INO2/c23-19-9-13-21(14-10-19)25-17-7-5-3-1-2-4-6-8-18-26-22-15-11-20(24)12-16-22/h9-16H,1-8,17-18,24H2. The van der Waals surface area contributed by atoms with Gasteiger partial charge in [0.25, 0.3) is 0 Å². The lowest BCUT2D eigenvalue weighted by Gasteiger charge is -2.07. The number of unbranched alkanes of at least 4 members (excludes halogenated alkanes) is 7. The van der Waals surface area contributed by atoms with Crippen LogP contribution in [0, 0.1) is 3.57 Å². The second kappa shape index (κ2) is 12.8. The number of halogens is 1. The van der Waals surface area contributed by atoms with Crippen LogP contribution in [-0.2, 0) is 0 Å². The molecule has 0 bridgehead atoms. The van der Waals surface area contributed by atoms with Gasteiger partial charge in [-0.1, -0.05) is 38.5 Å². The summed E-state index contributed by atoms with van der Waals surface area (Å²) < 4.78 is 12.7. The highest BCUT2D eigenvalue weighted by Crippen LogP contribution is 2.15. The number of nitrogens with two attached hydrogens (primary N) is 1. The van der Waals surface area contributed by atoms with Crippen LogP contribution in [0.3, 0.4) is 0 Å². The van der Waals surface area contributed by atoms with E-state index < -0.39 is 0 Å². The molecule has 0 heterocycles. The molecule has 142 valence electrons. The molecular formula is C22H30INO2. The first-order valence-electron chi connectivity index (χ1n) is 9.61. The van der Waals surface area contributed by atoms with Gasteiger partial charge in [-0.25, -0.2) is 0 Å². The highest BCUT2D eigenvalue weighted by molar-refractivity contribution is 14.1. The number of rotatable bonds is 13. The van der Waals surface area contributed by atoms with Gasteiger partial charge in [-0.15, -0.1) is 0 Å². The lowest BCUT2D eigenvalue weighted by molar-refractivity contribution is 0.301. The van der Waals surface area contributed by atoms with Crippen LogP contribution in [0.2, 0.25) is 0 Å². The Hall–Kier alpha value is -1.43. The molecule has 26 heavy (non-hydrogen) atoms. The Bertz CT molecular complexity index is 543. The van der Waals surface area contributed by atoms with E-state index in [1.807, 2.05) is 36.4 Å². The van der Waals surface area contributed by atoms with Crippen molar-refractivity contribution in [2.24, 2.45) is 0 Å². The van der Waals surface area contributed by atoms with Crippen molar-refractivity contribution in [2.45, 2.75) is 51.4 Å². The first-order valence-corrected chi connectivity index (χ1v) is 10.7. The normalized spacial score (nSPS) is 10.7. The quantitative estimate of drug-likeness (QED) is 0.209. The van der Waals surface area contributed by atoms with Crippen LogP contribution in [0.5, 0.6) is 11.5 Å². The summed E-state index contributed by atoms with van der Waals surface area (Å²) in [6.45, 7) is 1.61. The monoisotopic (exact) mass is 467 g/mol. The van der Waals surface area contributed by atoms with Crippen LogP contribution >= 0.6 is 22.6 Å². The Morgan fingerprint density at radius 3 is 1.42 bits per heavy atom. The van der Waals surface area contributed by atoms with E-state index in [1.54, 1.807) is 0 Å². The Morgan fingerprint density at radius 1 is 0.577 bits per heavy atom. The lowest BCUT2D eigenvalue weighted by Crippen LogP contribution is -1.98. The van der Waals surface area contributed by atoms with Crippen molar-refractivity contribution in [1.29, 1.82) is 0 Å². The largest absolute Gasteiger partial charge is 0.494 e. The van der Waals surface area contributed by atoms with Gasteiger partial charge in [0, 0.05) is 9.26 Å². The zero-order chi connectivity index (χ0) is 18.5. The third kappa shape index (κ3) is 9.32. The van der Waals surface area contributed by atoms with Crippen LogP contribution < -0.4 is 15.2 Å². The fraction of sp³-hybridized carbons (Fsp3) is 0.455. The van der Waals surface area contributed by atoms with Crippen molar-refractivity contribution < 1.29 is 9.47 Å². The maximum Gasteiger partial charge on any atom is 0.119 e. The lowest BCUT2D eigenvalue weighted by atomic mass is 10.1. The maximum absolute atomic E-state index is 5.75. The van der Waals surface area contributed by atoms with E-state index in [0.29, 0.717) is 0 Å². The van der Waals surface area contributed by atoms with Crippen molar-refractivity contribution >= 4 is 28.3 Å². The van der Waals surface area contributed by atoms with Crippen molar-refractivity contribution in [3.63, 3.8) is 0 Å². The van der Waals surface area contributed by atoms with Crippen LogP contribution in [0.1, 0.15) is 51.4 Å². The molecule has 0 aliphatic heterocycles. The highest BCUT2D eigenvalue weighted by Gasteiger charge is 1.96. The van der Waals surface area contributed by atoms with Gasteiger partial charge in [0.1, 0.15) is 11.5 Å². The average molecular weight is 467 g/mol. The second-order valence-electron chi connectivity index (χ2n) is 6.55. The Labute approximate surface area is 171 Å². The van der Waals surface area contributed by atoms with Crippen molar-refractivity contribution in [2.75, 3.05) is 18.9 Å². The predicted octanol–water partition coefficient (Wildman–Crippen LogP) is 6.45. The van der Waals surface area contributed by atoms with Crippen LogP contribution in [0.4, 0.5) is 5.69 Å². The topological polar surface area (TPSA) is 44.5 Å². The molecule has 0 atom stereocenters. The molecule has 0 aliphatic rings. The zero-order valence-electron chi connectivity index (χ0n) is 15.5. The van der Waals surface area contributed by atoms with Crippen LogP contribution in [0.15, 0.2) is 48.5 Å². The van der Waals surface area contributed by atoms with Crippen molar-refractivity contribution in [1.82, 2.24) is 0 Å². The summed E-state index contributed by atoms with van der Waals surface area (Å²) in [5.41, 5.74) is 6.43. The molecule has 0 saturated heterocycles. The second-order valence-corrected chi connectivity index (χ2v) is 7.79. The van der Waals surface area contributed by atoms with E-state index in [1.165, 1.54) is 42.1 Å². The summed E-state index contributed by atoms with van der Waals surface area (Å²) in [7, 11) is 0. The molecule has 0 radical (unpaired) electrons. The van der Waals surface area contributed by atoms with E-state index in [4.69, 9.17) is 15.2 Å². The minimum absolute atomic E-state index is 0.777. The number of hydrogen-bond donors (Lipinski definition) is 1. The molecule has 2 rings (SSSR count). The fourth-order valence-electron chi connectivity index (χ4n) is 2.74. The summed E-state index contributed by atoms with van der Waals surface area (Å²) in [4.78, 5) is 0. The number of nitrogen functional groups attached to an aromatic ring is 1. The van der Waals surface area contributed by atoms with Gasteiger partial charge in [0.05, 0.1) is 13.2 Å². The van der Waals surface area contributed by atoms with Gasteiger partial charge in [0.2, 0.25) is 0 Å². The van der Waals surface area contributed by atoms with Gasteiger partial charge in [-0.3, -0.25) is 0 Å². The Morgan fingerprint density at radius 2 is 0.962 bits per heavy atom. The molecule has 0 amide bonds. The van der Waals surface area contributed by atoms with E-state index in [0.717, 1.165) is 43.2 Å². The minimum Gasteiger partial charge on any atom is -0.494 e. The Balaban J connectivity index is 1.35. The minimum atomic E-state index is 0.777. The summed E-state index contributed by atoms with van der Waals surface area (Å²) >= 11 is 2.31. The fourth-order valence-corrected chi connectivity index (χ4v) is 3.10. The van der Waals surface area contributed by atoms with Gasteiger partial charge in [-0.05, 0) is 84.0 Å². The molecule has 0 spiro atoms. The van der Waals surface area contributed by atoms with Gasteiger partial charge >= 0.3 is 0 Å². The van der Waals surface area contributed by atoms with E-state index in [9.17, 15) is 0 Å². The number of anilines is 1. The first-order chi connectivity index (χ1) is 12.7. The van der Waals surface area contributed by atoms with Crippen LogP contribution in [0.25, 0.3) is 0 Å². The molecule has 0 unspecified atom stereocenters. The molecular weight excluding hydrogens is 437 g/mol. The molecule has 2 aromatic carbocycles. The third-order valence-corrected chi connectivity index (χ3v) is 4.99. The van der Waals surface area contributed by atoms with Crippen molar-refractivity contribution in [3.05, 3.63) is 52.1 Å². The average Bonchev–Trinajstić information content (AvgIpc) is 2.65. The van der Waals surface area contributed by atoms with Gasteiger partial charge in [-0.2, -0.15) is 0 Å². The third-order valence-electron chi connectivity index (χ3n) is 4.27. The molecule has 0 fully saturated rings. The van der Waals surface area contributed by atoms with Gasteiger partial charge in [0.15, 0.2) is 0 Å². The molecule has 0 saturated carbocycles.